The van der Waals surface area contributed by atoms with Crippen LogP contribution in [0.25, 0.3) is 11.5 Å². The van der Waals surface area contributed by atoms with Gasteiger partial charge in [-0.05, 0) is 5.56 Å². The highest BCUT2D eigenvalue weighted by atomic mass is 16.5. The topological polar surface area (TPSA) is 82.8 Å². The number of aromatic nitrogens is 4. The van der Waals surface area contributed by atoms with Gasteiger partial charge < -0.3 is 14.8 Å². The molecule has 2 N–H and O–H groups in total. The van der Waals surface area contributed by atoms with E-state index >= 15 is 0 Å². The molecule has 0 amide bonds. The standard InChI is InChI=1S/C13H13N5O/c1-9-16-13(17-19-9)11-12(14)18(8-15-11)7-10-5-3-2-4-6-10/h2-6,8H,7,14H2,1H3. The van der Waals surface area contributed by atoms with Crippen LogP contribution in [0, 0.1) is 6.92 Å². The molecule has 6 heteroatoms. The Morgan fingerprint density at radius 1 is 1.26 bits per heavy atom. The second-order valence-corrected chi connectivity index (χ2v) is 4.23. The largest absolute Gasteiger partial charge is 0.383 e. The van der Waals surface area contributed by atoms with Crippen molar-refractivity contribution in [2.75, 3.05) is 5.73 Å². The van der Waals surface area contributed by atoms with Crippen molar-refractivity contribution in [3.05, 3.63) is 48.1 Å². The summed E-state index contributed by atoms with van der Waals surface area (Å²) in [6, 6.07) is 10.0. The van der Waals surface area contributed by atoms with E-state index in [2.05, 4.69) is 15.1 Å². The minimum atomic E-state index is 0.418. The predicted octanol–water partition coefficient (Wildman–Crippen LogP) is 1.87. The zero-order valence-electron chi connectivity index (χ0n) is 10.4. The number of imidazole rings is 1. The van der Waals surface area contributed by atoms with Gasteiger partial charge in [0.1, 0.15) is 5.82 Å². The van der Waals surface area contributed by atoms with E-state index in [0.29, 0.717) is 29.8 Å². The van der Waals surface area contributed by atoms with Crippen LogP contribution in [0.5, 0.6) is 0 Å². The zero-order valence-corrected chi connectivity index (χ0v) is 10.4. The van der Waals surface area contributed by atoms with E-state index in [4.69, 9.17) is 10.3 Å². The van der Waals surface area contributed by atoms with E-state index in [9.17, 15) is 0 Å². The molecule has 96 valence electrons. The highest BCUT2D eigenvalue weighted by molar-refractivity contribution is 5.63. The van der Waals surface area contributed by atoms with Gasteiger partial charge in [0, 0.05) is 6.92 Å². The maximum absolute atomic E-state index is 6.07. The molecular weight excluding hydrogens is 242 g/mol. The van der Waals surface area contributed by atoms with Gasteiger partial charge in [0.15, 0.2) is 5.69 Å². The summed E-state index contributed by atoms with van der Waals surface area (Å²) < 4.78 is 6.79. The van der Waals surface area contributed by atoms with E-state index in [0.717, 1.165) is 5.56 Å². The average molecular weight is 255 g/mol. The normalized spacial score (nSPS) is 10.8. The second-order valence-electron chi connectivity index (χ2n) is 4.23. The Labute approximate surface area is 109 Å². The number of benzene rings is 1. The first-order valence-electron chi connectivity index (χ1n) is 5.89. The first-order valence-corrected chi connectivity index (χ1v) is 5.89. The van der Waals surface area contributed by atoms with Crippen molar-refractivity contribution < 1.29 is 4.52 Å². The lowest BCUT2D eigenvalue weighted by Crippen LogP contribution is -2.03. The summed E-state index contributed by atoms with van der Waals surface area (Å²) in [6.45, 7) is 2.39. The third-order valence-electron chi connectivity index (χ3n) is 2.81. The number of hydrogen-bond donors (Lipinski definition) is 1. The molecule has 2 heterocycles. The summed E-state index contributed by atoms with van der Waals surface area (Å²) in [4.78, 5) is 8.38. The molecule has 0 aliphatic heterocycles. The lowest BCUT2D eigenvalue weighted by Gasteiger charge is -2.04. The first kappa shape index (κ1) is 11.5. The van der Waals surface area contributed by atoms with Gasteiger partial charge in [0.05, 0.1) is 12.9 Å². The minimum absolute atomic E-state index is 0.418. The van der Waals surface area contributed by atoms with Crippen molar-refractivity contribution in [1.29, 1.82) is 0 Å². The number of hydrogen-bond acceptors (Lipinski definition) is 5. The third-order valence-corrected chi connectivity index (χ3v) is 2.81. The molecule has 6 nitrogen and oxygen atoms in total. The lowest BCUT2D eigenvalue weighted by molar-refractivity contribution is 0.394. The van der Waals surface area contributed by atoms with Gasteiger partial charge in [-0.2, -0.15) is 4.98 Å². The van der Waals surface area contributed by atoms with E-state index < -0.39 is 0 Å². The van der Waals surface area contributed by atoms with Gasteiger partial charge in [0.2, 0.25) is 11.7 Å². The fourth-order valence-electron chi connectivity index (χ4n) is 1.87. The Morgan fingerprint density at radius 2 is 2.05 bits per heavy atom. The molecule has 0 saturated heterocycles. The number of rotatable bonds is 3. The fourth-order valence-corrected chi connectivity index (χ4v) is 1.87. The summed E-state index contributed by atoms with van der Waals surface area (Å²) >= 11 is 0. The van der Waals surface area contributed by atoms with Crippen LogP contribution >= 0.6 is 0 Å². The van der Waals surface area contributed by atoms with Crippen molar-refractivity contribution in [2.24, 2.45) is 0 Å². The number of nitrogens with two attached hydrogens (primary N) is 1. The monoisotopic (exact) mass is 255 g/mol. The molecule has 3 aromatic rings. The summed E-state index contributed by atoms with van der Waals surface area (Å²) in [5, 5.41) is 3.83. The van der Waals surface area contributed by atoms with Crippen LogP contribution in [0.15, 0.2) is 41.2 Å². The molecule has 2 aromatic heterocycles. The predicted molar refractivity (Wildman–Crippen MR) is 70.2 cm³/mol. The highest BCUT2D eigenvalue weighted by Gasteiger charge is 2.15. The van der Waals surface area contributed by atoms with Crippen LogP contribution in [-0.2, 0) is 6.54 Å². The van der Waals surface area contributed by atoms with Gasteiger partial charge in [-0.15, -0.1) is 0 Å². The molecule has 0 atom stereocenters. The summed E-state index contributed by atoms with van der Waals surface area (Å²) in [7, 11) is 0. The maximum Gasteiger partial charge on any atom is 0.224 e. The zero-order chi connectivity index (χ0) is 13.2. The quantitative estimate of drug-likeness (QED) is 0.772. The lowest BCUT2D eigenvalue weighted by atomic mass is 10.2. The van der Waals surface area contributed by atoms with Crippen LogP contribution in [-0.4, -0.2) is 19.7 Å². The van der Waals surface area contributed by atoms with Crippen LogP contribution in [0.4, 0.5) is 5.82 Å². The molecule has 0 aliphatic rings. The van der Waals surface area contributed by atoms with Gasteiger partial charge in [0.25, 0.3) is 0 Å². The molecule has 0 bridgehead atoms. The Bertz CT molecular complexity index is 686. The SMILES string of the molecule is Cc1nc(-c2ncn(Cc3ccccc3)c2N)no1. The minimum Gasteiger partial charge on any atom is -0.383 e. The van der Waals surface area contributed by atoms with Crippen molar-refractivity contribution >= 4 is 5.82 Å². The summed E-state index contributed by atoms with van der Waals surface area (Å²) in [5.74, 6) is 1.44. The van der Waals surface area contributed by atoms with Crippen LogP contribution in [0.1, 0.15) is 11.5 Å². The van der Waals surface area contributed by atoms with Gasteiger partial charge in [-0.3, -0.25) is 0 Å². The van der Waals surface area contributed by atoms with Gasteiger partial charge >= 0.3 is 0 Å². The fraction of sp³-hybridized carbons (Fsp3) is 0.154. The Hall–Kier alpha value is -2.63. The maximum atomic E-state index is 6.07. The molecule has 0 saturated carbocycles. The number of aryl methyl sites for hydroxylation is 1. The van der Waals surface area contributed by atoms with Crippen molar-refractivity contribution in [3.8, 4) is 11.5 Å². The first-order chi connectivity index (χ1) is 9.24. The molecule has 3 rings (SSSR count). The Kier molecular flexibility index (Phi) is 2.75. The van der Waals surface area contributed by atoms with E-state index in [-0.39, 0.29) is 0 Å². The smallest absolute Gasteiger partial charge is 0.224 e. The number of nitrogen functional groups attached to an aromatic ring is 1. The molecule has 0 radical (unpaired) electrons. The average Bonchev–Trinajstić information content (AvgIpc) is 2.99. The third kappa shape index (κ3) is 2.20. The molecular formula is C13H13N5O. The summed E-state index contributed by atoms with van der Waals surface area (Å²) in [5.41, 5.74) is 7.78. The molecule has 19 heavy (non-hydrogen) atoms. The number of nitrogens with zero attached hydrogens (tertiary/aromatic N) is 4. The Balaban J connectivity index is 1.91. The number of anilines is 1. The molecule has 0 fully saturated rings. The van der Waals surface area contributed by atoms with Crippen LogP contribution < -0.4 is 5.73 Å². The van der Waals surface area contributed by atoms with Crippen molar-refractivity contribution in [2.45, 2.75) is 13.5 Å². The van der Waals surface area contributed by atoms with Crippen molar-refractivity contribution in [3.63, 3.8) is 0 Å². The van der Waals surface area contributed by atoms with Crippen molar-refractivity contribution in [1.82, 2.24) is 19.7 Å². The van der Waals surface area contributed by atoms with E-state index in [1.165, 1.54) is 0 Å². The highest BCUT2D eigenvalue weighted by Crippen LogP contribution is 2.22. The van der Waals surface area contributed by atoms with Crippen LogP contribution in [0.3, 0.4) is 0 Å². The molecule has 0 spiro atoms. The molecule has 1 aromatic carbocycles. The van der Waals surface area contributed by atoms with E-state index in [1.807, 2.05) is 34.9 Å². The molecule has 0 aliphatic carbocycles. The summed E-state index contributed by atoms with van der Waals surface area (Å²) in [6.07, 6.45) is 1.68. The van der Waals surface area contributed by atoms with E-state index in [1.54, 1.807) is 13.3 Å². The van der Waals surface area contributed by atoms with Gasteiger partial charge in [-0.25, -0.2) is 4.98 Å². The Morgan fingerprint density at radius 3 is 2.74 bits per heavy atom. The van der Waals surface area contributed by atoms with Crippen LogP contribution in [0.2, 0.25) is 0 Å². The molecule has 0 unspecified atom stereocenters. The second kappa shape index (κ2) is 4.56. The van der Waals surface area contributed by atoms with Gasteiger partial charge in [-0.1, -0.05) is 35.5 Å².